The van der Waals surface area contributed by atoms with E-state index in [0.717, 1.165) is 22.7 Å². The highest BCUT2D eigenvalue weighted by Gasteiger charge is 2.34. The summed E-state index contributed by atoms with van der Waals surface area (Å²) in [6.45, 7) is 5.36. The molecule has 1 N–H and O–H groups in total. The molecule has 0 spiro atoms. The Labute approximate surface area is 252 Å². The predicted octanol–water partition coefficient (Wildman–Crippen LogP) is 5.84. The molecule has 1 atom stereocenters. The van der Waals surface area contributed by atoms with Gasteiger partial charge in [-0.2, -0.15) is 0 Å². The van der Waals surface area contributed by atoms with Gasteiger partial charge in [0.2, 0.25) is 11.8 Å². The van der Waals surface area contributed by atoms with Crippen LogP contribution in [0.5, 0.6) is 5.75 Å². The van der Waals surface area contributed by atoms with Crippen molar-refractivity contribution in [3.63, 3.8) is 0 Å². The van der Waals surface area contributed by atoms with Gasteiger partial charge in [-0.15, -0.1) is 0 Å². The fraction of sp³-hybridized carbons (Fsp3) is 0.333. The maximum atomic E-state index is 14.0. The standard InChI is InChI=1S/C30H35Cl2N3O5S/c1-5-6-16-33-30(37)22(3)34(19-23-8-7-9-24(31)17-23)29(36)20-35(27-18-25(32)12-15-28(27)40-4)41(38,39)26-13-10-21(2)11-14-26/h7-15,17-18,22H,5-6,16,19-20H2,1-4H3,(H,33,37)/t22-/m0/s1. The Morgan fingerprint density at radius 3 is 2.32 bits per heavy atom. The summed E-state index contributed by atoms with van der Waals surface area (Å²) in [4.78, 5) is 28.5. The summed E-state index contributed by atoms with van der Waals surface area (Å²) in [5.74, 6) is -0.729. The molecule has 41 heavy (non-hydrogen) atoms. The van der Waals surface area contributed by atoms with Crippen LogP contribution in [0.25, 0.3) is 0 Å². The van der Waals surface area contributed by atoms with Crippen molar-refractivity contribution in [2.45, 2.75) is 51.1 Å². The summed E-state index contributed by atoms with van der Waals surface area (Å²) in [6.07, 6.45) is 1.69. The number of carbonyl (C=O) groups excluding carboxylic acids is 2. The molecular weight excluding hydrogens is 585 g/mol. The van der Waals surface area contributed by atoms with Crippen molar-refractivity contribution >= 4 is 50.7 Å². The first-order valence-electron chi connectivity index (χ1n) is 13.2. The molecule has 0 saturated carbocycles. The van der Waals surface area contributed by atoms with Crippen molar-refractivity contribution in [3.8, 4) is 5.75 Å². The predicted molar refractivity (Wildman–Crippen MR) is 163 cm³/mol. The number of hydrogen-bond acceptors (Lipinski definition) is 5. The van der Waals surface area contributed by atoms with Gasteiger partial charge in [0.1, 0.15) is 18.3 Å². The molecule has 8 nitrogen and oxygen atoms in total. The lowest BCUT2D eigenvalue weighted by Gasteiger charge is -2.32. The molecule has 0 heterocycles. The Morgan fingerprint density at radius 1 is 1.00 bits per heavy atom. The van der Waals surface area contributed by atoms with Crippen molar-refractivity contribution in [3.05, 3.63) is 87.9 Å². The van der Waals surface area contributed by atoms with Crippen LogP contribution in [-0.2, 0) is 26.2 Å². The third-order valence-corrected chi connectivity index (χ3v) is 8.78. The number of anilines is 1. The zero-order chi connectivity index (χ0) is 30.2. The van der Waals surface area contributed by atoms with Crippen LogP contribution in [0.2, 0.25) is 10.0 Å². The largest absolute Gasteiger partial charge is 0.495 e. The molecule has 0 unspecified atom stereocenters. The number of sulfonamides is 1. The fourth-order valence-electron chi connectivity index (χ4n) is 4.16. The van der Waals surface area contributed by atoms with E-state index in [9.17, 15) is 18.0 Å². The number of ether oxygens (including phenoxy) is 1. The van der Waals surface area contributed by atoms with Crippen LogP contribution in [0.3, 0.4) is 0 Å². The van der Waals surface area contributed by atoms with Gasteiger partial charge in [0.15, 0.2) is 0 Å². The van der Waals surface area contributed by atoms with Gasteiger partial charge in [-0.25, -0.2) is 8.42 Å². The Bertz CT molecular complexity index is 1470. The number of rotatable bonds is 13. The van der Waals surface area contributed by atoms with Crippen molar-refractivity contribution in [1.29, 1.82) is 0 Å². The Morgan fingerprint density at radius 2 is 1.68 bits per heavy atom. The minimum absolute atomic E-state index is 0.00956. The molecule has 3 rings (SSSR count). The molecule has 0 fully saturated rings. The van der Waals surface area contributed by atoms with E-state index in [2.05, 4.69) is 5.32 Å². The number of aryl methyl sites for hydroxylation is 1. The minimum Gasteiger partial charge on any atom is -0.495 e. The second-order valence-corrected chi connectivity index (χ2v) is 12.3. The molecule has 3 aromatic rings. The number of hydrogen-bond donors (Lipinski definition) is 1. The van der Waals surface area contributed by atoms with Crippen LogP contribution in [0.1, 0.15) is 37.8 Å². The van der Waals surface area contributed by atoms with Crippen LogP contribution >= 0.6 is 23.2 Å². The van der Waals surface area contributed by atoms with Crippen molar-refractivity contribution < 1.29 is 22.7 Å². The molecule has 0 aromatic heterocycles. The summed E-state index contributed by atoms with van der Waals surface area (Å²) in [6, 6.07) is 16.9. The zero-order valence-electron chi connectivity index (χ0n) is 23.6. The number of amides is 2. The molecule has 220 valence electrons. The van der Waals surface area contributed by atoms with Gasteiger partial charge in [0, 0.05) is 23.1 Å². The van der Waals surface area contributed by atoms with Crippen molar-refractivity contribution in [1.82, 2.24) is 10.2 Å². The Hall–Kier alpha value is -3.27. The lowest BCUT2D eigenvalue weighted by Crippen LogP contribution is -2.51. The first-order valence-corrected chi connectivity index (χ1v) is 15.4. The van der Waals surface area contributed by atoms with E-state index in [1.165, 1.54) is 36.3 Å². The lowest BCUT2D eigenvalue weighted by molar-refractivity contribution is -0.139. The average Bonchev–Trinajstić information content (AvgIpc) is 2.94. The number of carbonyl (C=O) groups is 2. The second-order valence-electron chi connectivity index (χ2n) is 9.61. The molecular formula is C30H35Cl2N3O5S. The SMILES string of the molecule is CCCCNC(=O)[C@H](C)N(Cc1cccc(Cl)c1)C(=O)CN(c1cc(Cl)ccc1OC)S(=O)(=O)c1ccc(C)cc1. The number of halogens is 2. The van der Waals surface area contributed by atoms with E-state index >= 15 is 0 Å². The maximum Gasteiger partial charge on any atom is 0.264 e. The summed E-state index contributed by atoms with van der Waals surface area (Å²) in [7, 11) is -2.86. The quantitative estimate of drug-likeness (QED) is 0.243. The molecule has 0 aliphatic carbocycles. The van der Waals surface area contributed by atoms with Crippen molar-refractivity contribution in [2.75, 3.05) is 24.5 Å². The molecule has 0 radical (unpaired) electrons. The molecule has 0 aliphatic heterocycles. The van der Waals surface area contributed by atoms with Gasteiger partial charge in [0.05, 0.1) is 17.7 Å². The number of nitrogens with one attached hydrogen (secondary N) is 1. The highest BCUT2D eigenvalue weighted by atomic mass is 35.5. The number of methoxy groups -OCH3 is 1. The van der Waals surface area contributed by atoms with Gasteiger partial charge >= 0.3 is 0 Å². The smallest absolute Gasteiger partial charge is 0.264 e. The fourth-order valence-corrected chi connectivity index (χ4v) is 5.96. The van der Waals surface area contributed by atoms with Crippen molar-refractivity contribution in [2.24, 2.45) is 0 Å². The van der Waals surface area contributed by atoms with E-state index in [1.807, 2.05) is 13.8 Å². The van der Waals surface area contributed by atoms with E-state index in [0.29, 0.717) is 17.1 Å². The van der Waals surface area contributed by atoms with E-state index in [1.54, 1.807) is 49.4 Å². The average molecular weight is 621 g/mol. The third-order valence-electron chi connectivity index (χ3n) is 6.54. The molecule has 0 aliphatic rings. The first kappa shape index (κ1) is 32.2. The highest BCUT2D eigenvalue weighted by molar-refractivity contribution is 7.92. The Balaban J connectivity index is 2.07. The lowest BCUT2D eigenvalue weighted by atomic mass is 10.1. The van der Waals surface area contributed by atoms with Gasteiger partial charge in [-0.05, 0) is 68.3 Å². The van der Waals surface area contributed by atoms with Gasteiger partial charge in [-0.3, -0.25) is 13.9 Å². The van der Waals surface area contributed by atoms with Gasteiger partial charge in [-0.1, -0.05) is 66.4 Å². The van der Waals surface area contributed by atoms with Crippen LogP contribution < -0.4 is 14.4 Å². The van der Waals surface area contributed by atoms with E-state index in [4.69, 9.17) is 27.9 Å². The molecule has 0 saturated heterocycles. The Kier molecular flexibility index (Phi) is 11.5. The number of benzene rings is 3. The normalized spacial score (nSPS) is 12.0. The summed E-state index contributed by atoms with van der Waals surface area (Å²) in [5, 5.41) is 3.59. The molecule has 0 bridgehead atoms. The summed E-state index contributed by atoms with van der Waals surface area (Å²) >= 11 is 12.5. The van der Waals surface area contributed by atoms with E-state index in [-0.39, 0.29) is 33.8 Å². The molecule has 11 heteroatoms. The second kappa shape index (κ2) is 14.6. The maximum absolute atomic E-state index is 14.0. The topological polar surface area (TPSA) is 96.0 Å². The zero-order valence-corrected chi connectivity index (χ0v) is 25.9. The van der Waals surface area contributed by atoms with Crippen LogP contribution in [0, 0.1) is 6.92 Å². The van der Waals surface area contributed by atoms with E-state index < -0.39 is 28.5 Å². The number of nitrogens with zero attached hydrogens (tertiary/aromatic N) is 2. The van der Waals surface area contributed by atoms with Gasteiger partial charge in [0.25, 0.3) is 10.0 Å². The molecule has 3 aromatic carbocycles. The monoisotopic (exact) mass is 619 g/mol. The summed E-state index contributed by atoms with van der Waals surface area (Å²) < 4.78 is 34.5. The number of unbranched alkanes of at least 4 members (excludes halogenated alkanes) is 1. The van der Waals surface area contributed by atoms with Crippen LogP contribution in [-0.4, -0.2) is 51.4 Å². The third kappa shape index (κ3) is 8.38. The highest BCUT2D eigenvalue weighted by Crippen LogP contribution is 2.35. The van der Waals surface area contributed by atoms with Crippen LogP contribution in [0.4, 0.5) is 5.69 Å². The van der Waals surface area contributed by atoms with Gasteiger partial charge < -0.3 is 15.0 Å². The molecule has 2 amide bonds. The summed E-state index contributed by atoms with van der Waals surface area (Å²) in [5.41, 5.74) is 1.66. The first-order chi connectivity index (χ1) is 19.5. The van der Waals surface area contributed by atoms with Crippen LogP contribution in [0.15, 0.2) is 71.6 Å². The minimum atomic E-state index is -4.27.